The van der Waals surface area contributed by atoms with Crippen LogP contribution >= 0.6 is 12.4 Å². The van der Waals surface area contributed by atoms with Gasteiger partial charge in [-0.2, -0.15) is 0 Å². The fourth-order valence-corrected chi connectivity index (χ4v) is 2.47. The van der Waals surface area contributed by atoms with Crippen molar-refractivity contribution in [2.45, 2.75) is 12.8 Å². The van der Waals surface area contributed by atoms with Crippen molar-refractivity contribution in [1.29, 1.82) is 0 Å². The number of halogens is 1. The topological polar surface area (TPSA) is 28.3 Å². The molecule has 1 aromatic heterocycles. The fourth-order valence-electron chi connectivity index (χ4n) is 2.47. The van der Waals surface area contributed by atoms with Crippen LogP contribution in [0.25, 0.3) is 10.9 Å². The fraction of sp³-hybridized carbons (Fsp3) is 0.429. The van der Waals surface area contributed by atoms with Crippen molar-refractivity contribution in [3.8, 4) is 5.75 Å². The summed E-state index contributed by atoms with van der Waals surface area (Å²) < 4.78 is 5.87. The molecule has 98 valence electrons. The summed E-state index contributed by atoms with van der Waals surface area (Å²) in [6.07, 6.45) is 4.64. The smallest absolute Gasteiger partial charge is 0.143 e. The van der Waals surface area contributed by atoms with Crippen LogP contribution in [0, 0.1) is 0 Å². The van der Waals surface area contributed by atoms with Gasteiger partial charge in [0.1, 0.15) is 12.4 Å². The lowest BCUT2D eigenvalue weighted by molar-refractivity contribution is 0.239. The molecule has 1 N–H and O–H groups in total. The zero-order chi connectivity index (χ0) is 11.5. The van der Waals surface area contributed by atoms with E-state index in [9.17, 15) is 0 Å². The molecule has 1 fully saturated rings. The zero-order valence-corrected chi connectivity index (χ0v) is 11.2. The van der Waals surface area contributed by atoms with E-state index in [0.29, 0.717) is 0 Å². The number of para-hydroxylation sites is 1. The minimum atomic E-state index is 0. The highest BCUT2D eigenvalue weighted by molar-refractivity contribution is 5.85. The van der Waals surface area contributed by atoms with Crippen LogP contribution in [0.2, 0.25) is 0 Å². The van der Waals surface area contributed by atoms with Crippen molar-refractivity contribution in [2.24, 2.45) is 0 Å². The van der Waals surface area contributed by atoms with Crippen molar-refractivity contribution in [2.75, 3.05) is 26.2 Å². The number of nitrogens with one attached hydrogen (secondary N) is 1. The highest BCUT2D eigenvalue weighted by Crippen LogP contribution is 2.23. The third-order valence-electron chi connectivity index (χ3n) is 3.41. The van der Waals surface area contributed by atoms with Crippen LogP contribution in [0.15, 0.2) is 30.5 Å². The second-order valence-corrected chi connectivity index (χ2v) is 4.60. The number of rotatable bonds is 4. The van der Waals surface area contributed by atoms with E-state index >= 15 is 0 Å². The number of hydrogen-bond donors (Lipinski definition) is 1. The number of aromatic nitrogens is 1. The van der Waals surface area contributed by atoms with Crippen LogP contribution in [0.1, 0.15) is 12.8 Å². The first kappa shape index (κ1) is 13.2. The average molecular weight is 267 g/mol. The number of fused-ring (bicyclic) bond motifs is 1. The molecule has 3 nitrogen and oxygen atoms in total. The number of ether oxygens (including phenoxy) is 1. The Bertz CT molecular complexity index is 491. The normalized spacial score (nSPS) is 15.8. The van der Waals surface area contributed by atoms with Crippen molar-refractivity contribution >= 4 is 23.3 Å². The minimum Gasteiger partial charge on any atom is -0.490 e. The second kappa shape index (κ2) is 6.12. The lowest BCUT2D eigenvalue weighted by atomic mass is 10.2. The summed E-state index contributed by atoms with van der Waals surface area (Å²) in [6, 6.07) is 8.24. The van der Waals surface area contributed by atoms with Gasteiger partial charge in [-0.05, 0) is 38.1 Å². The van der Waals surface area contributed by atoms with E-state index in [1.54, 1.807) is 0 Å². The van der Waals surface area contributed by atoms with Gasteiger partial charge in [0.15, 0.2) is 0 Å². The Balaban J connectivity index is 0.00000120. The Kier molecular flexibility index (Phi) is 4.50. The summed E-state index contributed by atoms with van der Waals surface area (Å²) in [7, 11) is 0. The number of likely N-dealkylation sites (tertiary alicyclic amines) is 1. The molecule has 18 heavy (non-hydrogen) atoms. The number of benzene rings is 1. The quantitative estimate of drug-likeness (QED) is 0.921. The average Bonchev–Trinajstić information content (AvgIpc) is 2.99. The number of hydrogen-bond acceptors (Lipinski definition) is 2. The highest BCUT2D eigenvalue weighted by atomic mass is 35.5. The molecule has 0 radical (unpaired) electrons. The van der Waals surface area contributed by atoms with Gasteiger partial charge in [-0.1, -0.05) is 12.1 Å². The molecule has 2 aromatic rings. The van der Waals surface area contributed by atoms with Gasteiger partial charge in [0, 0.05) is 18.1 Å². The van der Waals surface area contributed by atoms with E-state index in [1.807, 2.05) is 18.3 Å². The Labute approximate surface area is 114 Å². The second-order valence-electron chi connectivity index (χ2n) is 4.60. The van der Waals surface area contributed by atoms with E-state index in [4.69, 9.17) is 4.74 Å². The first-order valence-corrected chi connectivity index (χ1v) is 6.35. The van der Waals surface area contributed by atoms with E-state index < -0.39 is 0 Å². The lowest BCUT2D eigenvalue weighted by Gasteiger charge is -2.15. The zero-order valence-electron chi connectivity index (χ0n) is 10.4. The number of H-pyrrole nitrogens is 1. The van der Waals surface area contributed by atoms with Gasteiger partial charge in [0.05, 0.1) is 5.52 Å². The molecule has 0 amide bonds. The van der Waals surface area contributed by atoms with E-state index in [1.165, 1.54) is 31.3 Å². The Morgan fingerprint density at radius 2 is 2.00 bits per heavy atom. The summed E-state index contributed by atoms with van der Waals surface area (Å²) in [5.41, 5.74) is 1.11. The van der Waals surface area contributed by atoms with Gasteiger partial charge < -0.3 is 9.72 Å². The van der Waals surface area contributed by atoms with Gasteiger partial charge in [0.25, 0.3) is 0 Å². The number of aromatic amines is 1. The predicted molar refractivity (Wildman–Crippen MR) is 76.7 cm³/mol. The standard InChI is InChI=1S/C14H18N2O.ClH/c1-2-9-16(8-1)10-11-17-13-5-3-4-12-6-7-15-14(12)13;/h3-7,15H,1-2,8-11H2;1H. The maximum absolute atomic E-state index is 5.87. The Morgan fingerprint density at radius 1 is 1.17 bits per heavy atom. The van der Waals surface area contributed by atoms with E-state index in [0.717, 1.165) is 24.4 Å². The molecule has 0 unspecified atom stereocenters. The van der Waals surface area contributed by atoms with Crippen molar-refractivity contribution in [3.63, 3.8) is 0 Å². The summed E-state index contributed by atoms with van der Waals surface area (Å²) in [5.74, 6) is 0.965. The molecule has 0 saturated carbocycles. The molecule has 1 aliphatic rings. The number of nitrogens with zero attached hydrogens (tertiary/aromatic N) is 1. The van der Waals surface area contributed by atoms with Gasteiger partial charge in [-0.15, -0.1) is 12.4 Å². The SMILES string of the molecule is Cl.c1cc(OCCN2CCCC2)c2[nH]ccc2c1. The minimum absolute atomic E-state index is 0. The molecular weight excluding hydrogens is 248 g/mol. The van der Waals surface area contributed by atoms with Gasteiger partial charge in [0.2, 0.25) is 0 Å². The molecule has 0 bridgehead atoms. The molecule has 1 aromatic carbocycles. The highest BCUT2D eigenvalue weighted by Gasteiger charge is 2.11. The van der Waals surface area contributed by atoms with Crippen molar-refractivity contribution in [1.82, 2.24) is 9.88 Å². The van der Waals surface area contributed by atoms with Crippen LogP contribution in [-0.2, 0) is 0 Å². The molecule has 2 heterocycles. The van der Waals surface area contributed by atoms with Crippen LogP contribution in [0.3, 0.4) is 0 Å². The molecule has 0 spiro atoms. The van der Waals surface area contributed by atoms with Gasteiger partial charge >= 0.3 is 0 Å². The largest absolute Gasteiger partial charge is 0.490 e. The van der Waals surface area contributed by atoms with Gasteiger partial charge in [-0.25, -0.2) is 0 Å². The molecule has 0 atom stereocenters. The molecule has 1 aliphatic heterocycles. The molecule has 3 rings (SSSR count). The third kappa shape index (κ3) is 2.79. The van der Waals surface area contributed by atoms with Crippen molar-refractivity contribution in [3.05, 3.63) is 30.5 Å². The van der Waals surface area contributed by atoms with E-state index in [2.05, 4.69) is 22.0 Å². The maximum atomic E-state index is 5.87. The van der Waals surface area contributed by atoms with E-state index in [-0.39, 0.29) is 12.4 Å². The Morgan fingerprint density at radius 3 is 2.83 bits per heavy atom. The van der Waals surface area contributed by atoms with Gasteiger partial charge in [-0.3, -0.25) is 4.90 Å². The first-order chi connectivity index (χ1) is 8.43. The monoisotopic (exact) mass is 266 g/mol. The van der Waals surface area contributed by atoms with Crippen LogP contribution in [0.4, 0.5) is 0 Å². The van der Waals surface area contributed by atoms with Crippen molar-refractivity contribution < 1.29 is 4.74 Å². The predicted octanol–water partition coefficient (Wildman–Crippen LogP) is 3.06. The molecule has 4 heteroatoms. The summed E-state index contributed by atoms with van der Waals surface area (Å²) in [6.45, 7) is 4.28. The third-order valence-corrected chi connectivity index (χ3v) is 3.41. The summed E-state index contributed by atoms with van der Waals surface area (Å²) in [5, 5.41) is 1.21. The summed E-state index contributed by atoms with van der Waals surface area (Å²) >= 11 is 0. The molecule has 0 aliphatic carbocycles. The molecular formula is C14H19ClN2O. The van der Waals surface area contributed by atoms with Crippen LogP contribution < -0.4 is 4.74 Å². The summed E-state index contributed by atoms with van der Waals surface area (Å²) in [4.78, 5) is 5.70. The Hall–Kier alpha value is -1.19. The van der Waals surface area contributed by atoms with Crippen LogP contribution in [0.5, 0.6) is 5.75 Å². The molecule has 1 saturated heterocycles. The first-order valence-electron chi connectivity index (χ1n) is 6.35. The van der Waals surface area contributed by atoms with Crippen LogP contribution in [-0.4, -0.2) is 36.1 Å². The maximum Gasteiger partial charge on any atom is 0.143 e. The lowest BCUT2D eigenvalue weighted by Crippen LogP contribution is -2.25.